The van der Waals surface area contributed by atoms with Crippen molar-refractivity contribution in [1.29, 1.82) is 0 Å². The van der Waals surface area contributed by atoms with Crippen LogP contribution in [0.4, 0.5) is 18.0 Å². The van der Waals surface area contributed by atoms with Crippen molar-refractivity contribution < 1.29 is 44.8 Å². The normalized spacial score (nSPS) is 17.5. The first-order chi connectivity index (χ1) is 20.8. The number of aromatic nitrogens is 1. The van der Waals surface area contributed by atoms with E-state index in [0.29, 0.717) is 53.8 Å². The lowest BCUT2D eigenvalue weighted by Crippen LogP contribution is -2.54. The van der Waals surface area contributed by atoms with Gasteiger partial charge in [0.2, 0.25) is 0 Å². The van der Waals surface area contributed by atoms with E-state index in [2.05, 4.69) is 14.5 Å². The molecule has 2 aliphatic rings. The van der Waals surface area contributed by atoms with Crippen molar-refractivity contribution in [3.05, 3.63) is 65.4 Å². The highest BCUT2D eigenvalue weighted by Crippen LogP contribution is 2.49. The van der Waals surface area contributed by atoms with Gasteiger partial charge in [-0.2, -0.15) is 21.6 Å². The first-order valence-electron chi connectivity index (χ1n) is 14.2. The molecule has 1 atom stereocenters. The number of rotatable bonds is 11. The average molecular weight is 636 g/mol. The summed E-state index contributed by atoms with van der Waals surface area (Å²) in [6.45, 7) is 4.95. The molecule has 0 bridgehead atoms. The summed E-state index contributed by atoms with van der Waals surface area (Å²) in [5.74, 6) is -0.574. The maximum absolute atomic E-state index is 13.6. The molecule has 1 aliphatic heterocycles. The molecule has 1 aromatic heterocycles. The van der Waals surface area contributed by atoms with Crippen LogP contribution in [-0.2, 0) is 20.4 Å². The molecule has 0 radical (unpaired) electrons. The fourth-order valence-corrected chi connectivity index (χ4v) is 5.46. The van der Waals surface area contributed by atoms with Gasteiger partial charge in [-0.15, -0.1) is 0 Å². The predicted molar refractivity (Wildman–Crippen MR) is 154 cm³/mol. The minimum absolute atomic E-state index is 0.144. The first-order valence-corrected chi connectivity index (χ1v) is 15.6. The van der Waals surface area contributed by atoms with Crippen LogP contribution in [0.2, 0.25) is 0 Å². The third-order valence-corrected chi connectivity index (χ3v) is 8.78. The molecule has 236 valence electrons. The number of carbonyl (C=O) groups is 2. The van der Waals surface area contributed by atoms with Crippen LogP contribution >= 0.6 is 0 Å². The molecule has 1 aliphatic carbocycles. The highest BCUT2D eigenvalue weighted by Gasteiger charge is 2.50. The van der Waals surface area contributed by atoms with Crippen molar-refractivity contribution in [1.82, 2.24) is 15.2 Å². The molecule has 0 unspecified atom stereocenters. The second-order valence-corrected chi connectivity index (χ2v) is 12.5. The van der Waals surface area contributed by atoms with Crippen molar-refractivity contribution in [3.8, 4) is 11.5 Å². The smallest absolute Gasteiger partial charge is 0.491 e. The van der Waals surface area contributed by atoms with E-state index in [9.17, 15) is 31.2 Å². The van der Waals surface area contributed by atoms with Crippen LogP contribution in [0, 0.1) is 6.92 Å². The van der Waals surface area contributed by atoms with Gasteiger partial charge in [0.15, 0.2) is 0 Å². The number of alkyl halides is 3. The van der Waals surface area contributed by atoms with Crippen LogP contribution in [-0.4, -0.2) is 61.6 Å². The van der Waals surface area contributed by atoms with Crippen LogP contribution in [0.1, 0.15) is 60.5 Å². The Bertz CT molecular complexity index is 1680. The molecule has 3 aromatic rings. The molecule has 0 spiro atoms. The Hall–Kier alpha value is -4.07. The van der Waals surface area contributed by atoms with E-state index in [1.807, 2.05) is 6.92 Å². The molecule has 44 heavy (non-hydrogen) atoms. The number of hydrogen-bond donors (Lipinski definition) is 1. The molecule has 1 saturated heterocycles. The number of nitrogens with zero attached hydrogens (tertiary/aromatic N) is 2. The zero-order valence-corrected chi connectivity index (χ0v) is 25.0. The van der Waals surface area contributed by atoms with E-state index in [-0.39, 0.29) is 24.3 Å². The number of unbranched alkanes of at least 4 members (excludes halogenated alkanes) is 1. The Morgan fingerprint density at radius 2 is 1.91 bits per heavy atom. The standard InChI is InChI=1S/C30H32F3N3O7S/c1-3-4-14-41-28(38)36-13-9-20(36)18-42-21-8-7-19(2)24(15-21)27(37)35-29(10-11-29)25-16-22(43-44(39,40)30(31,32)33)17-26-23(25)6-5-12-34-26/h5-8,12,15-17,20H,3-4,9-11,13-14,18H2,1-2H3,(H,35,37)/t20-/m0/s1. The number of carbonyl (C=O) groups excluding carboxylic acids is 2. The quantitative estimate of drug-likeness (QED) is 0.165. The number of likely N-dealkylation sites (tertiary alicyclic amines) is 1. The summed E-state index contributed by atoms with van der Waals surface area (Å²) in [6, 6.07) is 10.5. The predicted octanol–water partition coefficient (Wildman–Crippen LogP) is 5.58. The zero-order chi connectivity index (χ0) is 31.7. The average Bonchev–Trinajstić information content (AvgIpc) is 3.72. The minimum Gasteiger partial charge on any atom is -0.491 e. The van der Waals surface area contributed by atoms with E-state index >= 15 is 0 Å². The highest BCUT2D eigenvalue weighted by atomic mass is 32.2. The fraction of sp³-hybridized carbons (Fsp3) is 0.433. The Morgan fingerprint density at radius 3 is 2.57 bits per heavy atom. The molecule has 2 heterocycles. The van der Waals surface area contributed by atoms with E-state index in [1.165, 1.54) is 12.3 Å². The number of benzene rings is 2. The summed E-state index contributed by atoms with van der Waals surface area (Å²) in [4.78, 5) is 31.6. The molecule has 1 N–H and O–H groups in total. The van der Waals surface area contributed by atoms with E-state index in [0.717, 1.165) is 25.3 Å². The number of halogens is 3. The van der Waals surface area contributed by atoms with Gasteiger partial charge in [-0.25, -0.2) is 4.79 Å². The number of fused-ring (bicyclic) bond motifs is 1. The van der Waals surface area contributed by atoms with E-state index in [1.54, 1.807) is 42.2 Å². The lowest BCUT2D eigenvalue weighted by molar-refractivity contribution is -0.0500. The van der Waals surface area contributed by atoms with Crippen molar-refractivity contribution >= 4 is 33.0 Å². The summed E-state index contributed by atoms with van der Waals surface area (Å²) >= 11 is 0. The SMILES string of the molecule is CCCCOC(=O)N1CC[C@H]1COc1ccc(C)c(C(=O)NC2(c3cc(OS(=O)(=O)C(F)(F)F)cc4ncccc34)CC2)c1. The molecule has 1 saturated carbocycles. The number of amides is 2. The minimum atomic E-state index is -5.92. The molecule has 2 amide bonds. The van der Waals surface area contributed by atoms with Crippen molar-refractivity contribution in [3.63, 3.8) is 0 Å². The van der Waals surface area contributed by atoms with E-state index < -0.39 is 32.8 Å². The first kappa shape index (κ1) is 31.4. The van der Waals surface area contributed by atoms with Crippen LogP contribution in [0.3, 0.4) is 0 Å². The largest absolute Gasteiger partial charge is 0.534 e. The summed E-state index contributed by atoms with van der Waals surface area (Å²) < 4.78 is 78.1. The number of ether oxygens (including phenoxy) is 2. The lowest BCUT2D eigenvalue weighted by Gasteiger charge is -2.39. The molecular weight excluding hydrogens is 603 g/mol. The number of pyridine rings is 1. The summed E-state index contributed by atoms with van der Waals surface area (Å²) in [6.07, 6.45) is 4.44. The Kier molecular flexibility index (Phi) is 8.65. The monoisotopic (exact) mass is 635 g/mol. The van der Waals surface area contributed by atoms with Crippen LogP contribution in [0.25, 0.3) is 10.9 Å². The topological polar surface area (TPSA) is 124 Å². The van der Waals surface area contributed by atoms with Crippen LogP contribution in [0.15, 0.2) is 48.7 Å². The van der Waals surface area contributed by atoms with E-state index in [4.69, 9.17) is 9.47 Å². The molecule has 10 nitrogen and oxygen atoms in total. The third kappa shape index (κ3) is 6.54. The van der Waals surface area contributed by atoms with Gasteiger partial charge in [0, 0.05) is 29.8 Å². The highest BCUT2D eigenvalue weighted by molar-refractivity contribution is 7.88. The Morgan fingerprint density at radius 1 is 1.14 bits per heavy atom. The van der Waals surface area contributed by atoms with Gasteiger partial charge in [-0.3, -0.25) is 9.78 Å². The van der Waals surface area contributed by atoms with Gasteiger partial charge in [0.1, 0.15) is 18.1 Å². The summed E-state index contributed by atoms with van der Waals surface area (Å²) in [5.41, 5.74) is -5.00. The van der Waals surface area contributed by atoms with Gasteiger partial charge in [-0.05, 0) is 68.0 Å². The van der Waals surface area contributed by atoms with Gasteiger partial charge < -0.3 is 23.9 Å². The van der Waals surface area contributed by atoms with Crippen molar-refractivity contribution in [2.45, 2.75) is 63.0 Å². The van der Waals surface area contributed by atoms with Gasteiger partial charge in [0.25, 0.3) is 5.91 Å². The van der Waals surface area contributed by atoms with Gasteiger partial charge in [-0.1, -0.05) is 25.5 Å². The maximum atomic E-state index is 13.6. The van der Waals surface area contributed by atoms with Crippen LogP contribution in [0.5, 0.6) is 11.5 Å². The molecule has 2 fully saturated rings. The molecular formula is C30H32F3N3O7S. The van der Waals surface area contributed by atoms with Gasteiger partial charge >= 0.3 is 21.7 Å². The van der Waals surface area contributed by atoms with Gasteiger partial charge in [0.05, 0.1) is 23.7 Å². The second-order valence-electron chi connectivity index (χ2n) is 11.0. The molecule has 2 aromatic carbocycles. The molecule has 5 rings (SSSR count). The maximum Gasteiger partial charge on any atom is 0.534 e. The van der Waals surface area contributed by atoms with Crippen LogP contribution < -0.4 is 14.2 Å². The number of hydrogen-bond acceptors (Lipinski definition) is 8. The van der Waals surface area contributed by atoms with Crippen molar-refractivity contribution in [2.24, 2.45) is 0 Å². The summed E-state index contributed by atoms with van der Waals surface area (Å²) in [5, 5.41) is 3.53. The summed E-state index contributed by atoms with van der Waals surface area (Å²) in [7, 11) is -5.92. The zero-order valence-electron chi connectivity index (χ0n) is 24.1. The second kappa shape index (κ2) is 12.1. The number of aryl methyl sites for hydroxylation is 1. The fourth-order valence-electron chi connectivity index (χ4n) is 5.02. The molecule has 14 heteroatoms. The van der Waals surface area contributed by atoms with Crippen molar-refractivity contribution in [2.75, 3.05) is 19.8 Å². The number of nitrogens with one attached hydrogen (secondary N) is 1. The Balaban J connectivity index is 1.32. The Labute approximate surface area is 252 Å². The lowest BCUT2D eigenvalue weighted by atomic mass is 9.97. The third-order valence-electron chi connectivity index (χ3n) is 7.80.